The SMILES string of the molecule is Cl.Cn1cnc(S(=O)(=O)N2CCN(C3(C(Cl)(Cl)NC(=O)c4ccccc4)CCCCCC3)CC2)c1. The molecule has 0 radical (unpaired) electrons. The Balaban J connectivity index is 0.00000342. The van der Waals surface area contributed by atoms with Crippen molar-refractivity contribution in [3.8, 4) is 0 Å². The Bertz CT molecular complexity index is 1090. The molecule has 1 aromatic heterocycles. The van der Waals surface area contributed by atoms with E-state index in [2.05, 4.69) is 15.2 Å². The van der Waals surface area contributed by atoms with Gasteiger partial charge in [-0.25, -0.2) is 13.4 Å². The fourth-order valence-electron chi connectivity index (χ4n) is 5.07. The quantitative estimate of drug-likeness (QED) is 0.328. The molecular weight excluding hydrogens is 533 g/mol. The van der Waals surface area contributed by atoms with Crippen LogP contribution in [0.4, 0.5) is 0 Å². The number of carbonyl (C=O) groups excluding carboxylic acids is 1. The third-order valence-corrected chi connectivity index (χ3v) is 9.63. The van der Waals surface area contributed by atoms with Crippen LogP contribution in [0.5, 0.6) is 0 Å². The molecule has 0 unspecified atom stereocenters. The van der Waals surface area contributed by atoms with Crippen molar-refractivity contribution < 1.29 is 13.2 Å². The van der Waals surface area contributed by atoms with Crippen molar-refractivity contribution in [2.75, 3.05) is 26.2 Å². The second-order valence-electron chi connectivity index (χ2n) is 9.11. The maximum atomic E-state index is 13.0. The lowest BCUT2D eigenvalue weighted by Gasteiger charge is -2.52. The van der Waals surface area contributed by atoms with E-state index in [-0.39, 0.29) is 23.3 Å². The molecule has 1 aliphatic carbocycles. The third kappa shape index (κ3) is 5.81. The van der Waals surface area contributed by atoms with Crippen molar-refractivity contribution in [1.29, 1.82) is 0 Å². The van der Waals surface area contributed by atoms with Crippen LogP contribution in [0.15, 0.2) is 47.9 Å². The summed E-state index contributed by atoms with van der Waals surface area (Å²) in [6, 6.07) is 8.88. The lowest BCUT2D eigenvalue weighted by Crippen LogP contribution is -2.68. The largest absolute Gasteiger partial charge is 0.339 e. The molecular formula is C23H32Cl3N5O3S. The van der Waals surface area contributed by atoms with E-state index < -0.39 is 20.0 Å². The highest BCUT2D eigenvalue weighted by Gasteiger charge is 2.54. The highest BCUT2D eigenvalue weighted by atomic mass is 35.5. The molecule has 194 valence electrons. The molecule has 1 aliphatic heterocycles. The topological polar surface area (TPSA) is 87.5 Å². The van der Waals surface area contributed by atoms with Gasteiger partial charge >= 0.3 is 0 Å². The first-order valence-corrected chi connectivity index (χ1v) is 13.8. The third-order valence-electron chi connectivity index (χ3n) is 6.95. The van der Waals surface area contributed by atoms with Gasteiger partial charge in [0.2, 0.25) is 4.46 Å². The standard InChI is InChI=1S/C23H31Cl2N5O3S.ClH/c1-28-17-20(26-18-28)34(32,33)30-15-13-29(14-16-30)22(11-7-2-3-8-12-22)23(24,25)27-21(31)19-9-5-4-6-10-19;/h4-6,9-10,17-18H,2-3,7-8,11-16H2,1H3,(H,27,31);1H. The molecule has 0 atom stereocenters. The molecule has 4 rings (SSSR count). The van der Waals surface area contributed by atoms with Gasteiger partial charge in [-0.2, -0.15) is 4.31 Å². The molecule has 1 aromatic carbocycles. The zero-order chi connectivity index (χ0) is 24.4. The molecule has 1 amide bonds. The van der Waals surface area contributed by atoms with Crippen LogP contribution >= 0.6 is 35.6 Å². The summed E-state index contributed by atoms with van der Waals surface area (Å²) < 4.78 is 27.6. The number of alkyl halides is 2. The number of amides is 1. The van der Waals surface area contributed by atoms with Crippen LogP contribution in [0.3, 0.4) is 0 Å². The zero-order valence-electron chi connectivity index (χ0n) is 19.7. The van der Waals surface area contributed by atoms with Crippen LogP contribution in [-0.4, -0.2) is 69.3 Å². The first kappa shape index (κ1) is 28.2. The van der Waals surface area contributed by atoms with Crippen LogP contribution < -0.4 is 5.32 Å². The van der Waals surface area contributed by atoms with Crippen LogP contribution in [0, 0.1) is 0 Å². The van der Waals surface area contributed by atoms with Gasteiger partial charge in [0.05, 0.1) is 11.9 Å². The Morgan fingerprint density at radius 1 is 1.03 bits per heavy atom. The Kier molecular flexibility index (Phi) is 9.16. The fourth-order valence-corrected chi connectivity index (χ4v) is 7.25. The van der Waals surface area contributed by atoms with E-state index in [1.54, 1.807) is 35.9 Å². The van der Waals surface area contributed by atoms with Gasteiger partial charge in [0, 0.05) is 45.0 Å². The van der Waals surface area contributed by atoms with Crippen LogP contribution in [0.2, 0.25) is 0 Å². The molecule has 12 heteroatoms. The second kappa shape index (κ2) is 11.4. The van der Waals surface area contributed by atoms with Gasteiger partial charge in [-0.15, -0.1) is 12.4 Å². The van der Waals surface area contributed by atoms with Crippen molar-refractivity contribution in [3.05, 3.63) is 48.4 Å². The van der Waals surface area contributed by atoms with E-state index in [1.165, 1.54) is 16.8 Å². The molecule has 0 spiro atoms. The number of rotatable bonds is 6. The van der Waals surface area contributed by atoms with E-state index in [4.69, 9.17) is 23.2 Å². The predicted octanol–water partition coefficient (Wildman–Crippen LogP) is 3.80. The highest BCUT2D eigenvalue weighted by Crippen LogP contribution is 2.46. The Morgan fingerprint density at radius 3 is 2.17 bits per heavy atom. The smallest absolute Gasteiger partial charge is 0.262 e. The summed E-state index contributed by atoms with van der Waals surface area (Å²) in [6.07, 6.45) is 8.47. The average Bonchev–Trinajstić information content (AvgIpc) is 3.11. The first-order chi connectivity index (χ1) is 16.2. The minimum Gasteiger partial charge on any atom is -0.339 e. The number of aryl methyl sites for hydroxylation is 1. The van der Waals surface area contributed by atoms with E-state index in [1.807, 2.05) is 6.07 Å². The number of nitrogens with one attached hydrogen (secondary N) is 1. The number of sulfonamides is 1. The number of nitrogens with zero attached hydrogens (tertiary/aromatic N) is 4. The molecule has 1 saturated carbocycles. The number of benzene rings is 1. The van der Waals surface area contributed by atoms with Crippen molar-refractivity contribution >= 4 is 51.5 Å². The van der Waals surface area contributed by atoms with Crippen LogP contribution in [0.1, 0.15) is 48.9 Å². The summed E-state index contributed by atoms with van der Waals surface area (Å²) in [6.45, 7) is 1.54. The second-order valence-corrected chi connectivity index (χ2v) is 12.3. The number of aromatic nitrogens is 2. The molecule has 2 aliphatic rings. The van der Waals surface area contributed by atoms with Gasteiger partial charge in [-0.1, -0.05) is 67.1 Å². The molecule has 1 saturated heterocycles. The number of halogens is 3. The predicted molar refractivity (Wildman–Crippen MR) is 140 cm³/mol. The van der Waals surface area contributed by atoms with Crippen molar-refractivity contribution in [2.45, 2.75) is 53.5 Å². The summed E-state index contributed by atoms with van der Waals surface area (Å²) >= 11 is 14.0. The van der Waals surface area contributed by atoms with Gasteiger partial charge < -0.3 is 9.88 Å². The van der Waals surface area contributed by atoms with Gasteiger partial charge in [0.15, 0.2) is 5.03 Å². The Morgan fingerprint density at radius 2 is 1.63 bits per heavy atom. The van der Waals surface area contributed by atoms with E-state index in [9.17, 15) is 13.2 Å². The molecule has 35 heavy (non-hydrogen) atoms. The van der Waals surface area contributed by atoms with Crippen molar-refractivity contribution in [1.82, 2.24) is 24.1 Å². The zero-order valence-corrected chi connectivity index (χ0v) is 22.8. The van der Waals surface area contributed by atoms with Gasteiger partial charge in [0.1, 0.15) is 0 Å². The number of hydrogen-bond donors (Lipinski definition) is 1. The van der Waals surface area contributed by atoms with E-state index in [0.29, 0.717) is 31.7 Å². The average molecular weight is 565 g/mol. The number of carbonyl (C=O) groups is 1. The van der Waals surface area contributed by atoms with Gasteiger partial charge in [-0.3, -0.25) is 9.69 Å². The lowest BCUT2D eigenvalue weighted by atomic mass is 9.86. The van der Waals surface area contributed by atoms with Gasteiger partial charge in [0.25, 0.3) is 15.9 Å². The molecule has 2 fully saturated rings. The van der Waals surface area contributed by atoms with E-state index in [0.717, 1.165) is 38.5 Å². The Hall–Kier alpha value is -1.36. The molecule has 8 nitrogen and oxygen atoms in total. The first-order valence-electron chi connectivity index (χ1n) is 11.6. The van der Waals surface area contributed by atoms with Crippen molar-refractivity contribution in [3.63, 3.8) is 0 Å². The van der Waals surface area contributed by atoms with Crippen LogP contribution in [-0.2, 0) is 17.1 Å². The van der Waals surface area contributed by atoms with Gasteiger partial charge in [-0.05, 0) is 25.0 Å². The summed E-state index contributed by atoms with van der Waals surface area (Å²) in [5.41, 5.74) is -0.207. The monoisotopic (exact) mass is 563 g/mol. The lowest BCUT2D eigenvalue weighted by molar-refractivity contribution is 0.0194. The number of hydrogen-bond acceptors (Lipinski definition) is 5. The maximum absolute atomic E-state index is 13.0. The minimum atomic E-state index is -3.67. The molecule has 2 aromatic rings. The summed E-state index contributed by atoms with van der Waals surface area (Å²) in [5.74, 6) is -0.328. The minimum absolute atomic E-state index is 0. The van der Waals surface area contributed by atoms with Crippen LogP contribution in [0.25, 0.3) is 0 Å². The molecule has 0 bridgehead atoms. The van der Waals surface area contributed by atoms with E-state index >= 15 is 0 Å². The fraction of sp³-hybridized carbons (Fsp3) is 0.565. The number of imidazole rings is 1. The Labute approximate surface area is 223 Å². The molecule has 1 N–H and O–H groups in total. The van der Waals surface area contributed by atoms with Crippen molar-refractivity contribution in [2.24, 2.45) is 7.05 Å². The maximum Gasteiger partial charge on any atom is 0.262 e. The normalized spacial score (nSPS) is 20.0. The summed E-state index contributed by atoms with van der Waals surface area (Å²) in [4.78, 5) is 19.2. The highest BCUT2D eigenvalue weighted by molar-refractivity contribution is 7.89. The number of piperazine rings is 1. The summed E-state index contributed by atoms with van der Waals surface area (Å²) in [7, 11) is -1.93. The molecule has 2 heterocycles. The summed E-state index contributed by atoms with van der Waals surface area (Å²) in [5, 5.41) is 2.93.